The zero-order chi connectivity index (χ0) is 20.5. The molecule has 1 saturated heterocycles. The lowest BCUT2D eigenvalue weighted by Gasteiger charge is -2.13. The SMILES string of the molecule is CCNC(=NCc1ccccc1OC(F)F)NCCc1csc(N2CCCC2)n1.I. The number of anilines is 1. The number of guanidine groups is 1. The standard InChI is InChI=1S/C20H27F2N5OS.HI/c1-2-23-19(25-13-15-7-3-4-8-17(15)28-18(21)22)24-10-9-16-14-29-20(26-16)27-11-5-6-12-27;/h3-4,7-8,14,18H,2,5-6,9-13H2,1H3,(H2,23,24,25);1H. The molecule has 1 aromatic heterocycles. The highest BCUT2D eigenvalue weighted by Gasteiger charge is 2.15. The van der Waals surface area contributed by atoms with Crippen molar-refractivity contribution in [2.75, 3.05) is 31.1 Å². The summed E-state index contributed by atoms with van der Waals surface area (Å²) in [6.45, 7) is 2.95. The van der Waals surface area contributed by atoms with Crippen molar-refractivity contribution in [2.45, 2.75) is 39.3 Å². The summed E-state index contributed by atoms with van der Waals surface area (Å²) in [6, 6.07) is 6.71. The summed E-state index contributed by atoms with van der Waals surface area (Å²) in [5, 5.41) is 9.67. The van der Waals surface area contributed by atoms with Gasteiger partial charge in [-0.15, -0.1) is 35.3 Å². The van der Waals surface area contributed by atoms with Crippen molar-refractivity contribution in [1.29, 1.82) is 0 Å². The van der Waals surface area contributed by atoms with E-state index in [1.165, 1.54) is 18.9 Å². The number of hydrogen-bond acceptors (Lipinski definition) is 5. The van der Waals surface area contributed by atoms with Gasteiger partial charge in [0.25, 0.3) is 0 Å². The zero-order valence-corrected chi connectivity index (χ0v) is 20.1. The fourth-order valence-corrected chi connectivity index (χ4v) is 4.04. The summed E-state index contributed by atoms with van der Waals surface area (Å²) in [4.78, 5) is 11.6. The van der Waals surface area contributed by atoms with Crippen LogP contribution in [0.15, 0.2) is 34.6 Å². The van der Waals surface area contributed by atoms with E-state index in [2.05, 4.69) is 30.6 Å². The summed E-state index contributed by atoms with van der Waals surface area (Å²) < 4.78 is 29.7. The van der Waals surface area contributed by atoms with Gasteiger partial charge >= 0.3 is 6.61 Å². The number of rotatable bonds is 9. The van der Waals surface area contributed by atoms with Crippen LogP contribution >= 0.6 is 35.3 Å². The van der Waals surface area contributed by atoms with Crippen LogP contribution in [-0.2, 0) is 13.0 Å². The van der Waals surface area contributed by atoms with Crippen molar-refractivity contribution in [3.63, 3.8) is 0 Å². The largest absolute Gasteiger partial charge is 0.434 e. The number of aliphatic imine (C=N–C) groups is 1. The average Bonchev–Trinajstić information content (AvgIpc) is 3.38. The van der Waals surface area contributed by atoms with Crippen LogP contribution in [0, 0.1) is 0 Å². The number of nitrogens with zero attached hydrogens (tertiary/aromatic N) is 3. The lowest BCUT2D eigenvalue weighted by atomic mass is 10.2. The first-order chi connectivity index (χ1) is 14.2. The van der Waals surface area contributed by atoms with Crippen molar-refractivity contribution < 1.29 is 13.5 Å². The summed E-state index contributed by atoms with van der Waals surface area (Å²) in [7, 11) is 0. The second-order valence-electron chi connectivity index (χ2n) is 6.67. The van der Waals surface area contributed by atoms with E-state index in [9.17, 15) is 8.78 Å². The minimum atomic E-state index is -2.85. The van der Waals surface area contributed by atoms with Crippen LogP contribution in [0.4, 0.5) is 13.9 Å². The molecule has 0 amide bonds. The predicted octanol–water partition coefficient (Wildman–Crippen LogP) is 4.26. The Morgan fingerprint density at radius 2 is 2.03 bits per heavy atom. The van der Waals surface area contributed by atoms with E-state index in [-0.39, 0.29) is 36.3 Å². The Bertz CT molecular complexity index is 799. The molecule has 30 heavy (non-hydrogen) atoms. The summed E-state index contributed by atoms with van der Waals surface area (Å²) in [5.74, 6) is 0.786. The third-order valence-electron chi connectivity index (χ3n) is 4.53. The number of nitrogens with one attached hydrogen (secondary N) is 2. The van der Waals surface area contributed by atoms with Crippen LogP contribution in [0.2, 0.25) is 0 Å². The molecule has 0 spiro atoms. The molecule has 0 saturated carbocycles. The van der Waals surface area contributed by atoms with E-state index >= 15 is 0 Å². The number of aromatic nitrogens is 1. The van der Waals surface area contributed by atoms with Crippen LogP contribution in [0.3, 0.4) is 0 Å². The molecule has 0 unspecified atom stereocenters. The van der Waals surface area contributed by atoms with Crippen LogP contribution in [0.1, 0.15) is 31.0 Å². The number of thiazole rings is 1. The van der Waals surface area contributed by atoms with E-state index in [0.717, 1.165) is 30.3 Å². The lowest BCUT2D eigenvalue weighted by Crippen LogP contribution is -2.38. The number of benzene rings is 1. The molecular formula is C20H28F2IN5OS. The van der Waals surface area contributed by atoms with Crippen LogP contribution in [-0.4, -0.2) is 43.7 Å². The molecule has 1 aliphatic heterocycles. The van der Waals surface area contributed by atoms with Crippen molar-refractivity contribution in [3.8, 4) is 5.75 Å². The molecule has 6 nitrogen and oxygen atoms in total. The van der Waals surface area contributed by atoms with Gasteiger partial charge in [-0.2, -0.15) is 8.78 Å². The number of hydrogen-bond donors (Lipinski definition) is 2. The molecule has 0 bridgehead atoms. The Hall–Kier alpha value is -1.69. The van der Waals surface area contributed by atoms with Crippen molar-refractivity contribution in [1.82, 2.24) is 15.6 Å². The van der Waals surface area contributed by atoms with Crippen LogP contribution < -0.4 is 20.3 Å². The Kier molecular flexibility index (Phi) is 10.6. The van der Waals surface area contributed by atoms with E-state index in [4.69, 9.17) is 4.98 Å². The van der Waals surface area contributed by atoms with Gasteiger partial charge in [-0.05, 0) is 25.8 Å². The molecule has 1 aromatic carbocycles. The topological polar surface area (TPSA) is 61.8 Å². The van der Waals surface area contributed by atoms with Gasteiger partial charge in [0.1, 0.15) is 5.75 Å². The second kappa shape index (κ2) is 12.9. The minimum Gasteiger partial charge on any atom is -0.434 e. The quantitative estimate of drug-likeness (QED) is 0.277. The molecule has 0 radical (unpaired) electrons. The predicted molar refractivity (Wildman–Crippen MR) is 129 cm³/mol. The van der Waals surface area contributed by atoms with Crippen LogP contribution in [0.5, 0.6) is 5.75 Å². The van der Waals surface area contributed by atoms with Gasteiger partial charge in [0.05, 0.1) is 12.2 Å². The van der Waals surface area contributed by atoms with Gasteiger partial charge in [-0.3, -0.25) is 0 Å². The number of para-hydroxylation sites is 1. The van der Waals surface area contributed by atoms with Gasteiger partial charge in [0.15, 0.2) is 11.1 Å². The smallest absolute Gasteiger partial charge is 0.387 e. The molecule has 1 fully saturated rings. The summed E-state index contributed by atoms with van der Waals surface area (Å²) in [6.07, 6.45) is 3.27. The maximum Gasteiger partial charge on any atom is 0.387 e. The molecule has 2 heterocycles. The zero-order valence-electron chi connectivity index (χ0n) is 16.9. The molecule has 0 atom stereocenters. The maximum atomic E-state index is 12.6. The molecule has 1 aliphatic rings. The average molecular weight is 551 g/mol. The Labute approximate surface area is 197 Å². The van der Waals surface area contributed by atoms with E-state index in [1.54, 1.807) is 29.5 Å². The molecule has 166 valence electrons. The highest BCUT2D eigenvalue weighted by Crippen LogP contribution is 2.24. The van der Waals surface area contributed by atoms with Gasteiger partial charge in [0.2, 0.25) is 0 Å². The first-order valence-electron chi connectivity index (χ1n) is 9.90. The fourth-order valence-electron chi connectivity index (χ4n) is 3.13. The van der Waals surface area contributed by atoms with Crippen molar-refractivity contribution in [3.05, 3.63) is 40.9 Å². The Morgan fingerprint density at radius 3 is 2.77 bits per heavy atom. The third-order valence-corrected chi connectivity index (χ3v) is 5.48. The molecule has 0 aliphatic carbocycles. The van der Waals surface area contributed by atoms with Crippen molar-refractivity contribution in [2.24, 2.45) is 4.99 Å². The highest BCUT2D eigenvalue weighted by molar-refractivity contribution is 14.0. The summed E-state index contributed by atoms with van der Waals surface area (Å²) in [5.41, 5.74) is 1.68. The molecular weight excluding hydrogens is 523 g/mol. The van der Waals surface area contributed by atoms with Crippen molar-refractivity contribution >= 4 is 46.4 Å². The highest BCUT2D eigenvalue weighted by atomic mass is 127. The summed E-state index contributed by atoms with van der Waals surface area (Å²) >= 11 is 1.70. The molecule has 10 heteroatoms. The fraction of sp³-hybridized carbons (Fsp3) is 0.500. The molecule has 3 rings (SSSR count). The maximum absolute atomic E-state index is 12.6. The van der Waals surface area contributed by atoms with Crippen LogP contribution in [0.25, 0.3) is 0 Å². The lowest BCUT2D eigenvalue weighted by molar-refractivity contribution is -0.0504. The molecule has 2 N–H and O–H groups in total. The van der Waals surface area contributed by atoms with Gasteiger partial charge in [-0.1, -0.05) is 18.2 Å². The monoisotopic (exact) mass is 551 g/mol. The van der Waals surface area contributed by atoms with Gasteiger partial charge < -0.3 is 20.3 Å². The number of alkyl halides is 2. The van der Waals surface area contributed by atoms with Gasteiger partial charge in [0, 0.05) is 43.5 Å². The normalized spacial score (nSPS) is 14.0. The first kappa shape index (κ1) is 24.6. The van der Waals surface area contributed by atoms with E-state index < -0.39 is 6.61 Å². The Balaban J connectivity index is 0.00000320. The minimum absolute atomic E-state index is 0. The second-order valence-corrected chi connectivity index (χ2v) is 7.51. The first-order valence-corrected chi connectivity index (χ1v) is 10.8. The van der Waals surface area contributed by atoms with E-state index in [0.29, 0.717) is 24.6 Å². The van der Waals surface area contributed by atoms with E-state index in [1.807, 2.05) is 6.92 Å². The number of ether oxygens (including phenoxy) is 1. The molecule has 2 aromatic rings. The Morgan fingerprint density at radius 1 is 1.27 bits per heavy atom. The number of halogens is 3. The van der Waals surface area contributed by atoms with Gasteiger partial charge in [-0.25, -0.2) is 9.98 Å². The third kappa shape index (κ3) is 7.53.